The number of fused-ring (bicyclic) bond motifs is 1. The van der Waals surface area contributed by atoms with Gasteiger partial charge in [-0.3, -0.25) is 4.55 Å². The first-order valence-corrected chi connectivity index (χ1v) is 12.5. The van der Waals surface area contributed by atoms with Gasteiger partial charge in [-0.2, -0.15) is 13.5 Å². The molecule has 1 aromatic carbocycles. The number of benzene rings is 1. The van der Waals surface area contributed by atoms with E-state index in [1.165, 1.54) is 4.90 Å². The number of hydrogen-bond donors (Lipinski definition) is 2. The molecule has 3 heterocycles. The monoisotopic (exact) mass is 493 g/mol. The molecule has 0 bridgehead atoms. The number of piperidine rings is 1. The fourth-order valence-electron chi connectivity index (χ4n) is 3.42. The Balaban J connectivity index is 0.000000588. The lowest BCUT2D eigenvalue weighted by Gasteiger charge is -2.34. The average molecular weight is 494 g/mol. The first kappa shape index (κ1) is 25.4. The number of nitrogens with zero attached hydrogens (tertiary/aromatic N) is 4. The second-order valence-electron chi connectivity index (χ2n) is 8.11. The zero-order chi connectivity index (χ0) is 24.7. The Morgan fingerprint density at radius 3 is 2.65 bits per heavy atom. The molecule has 4 rings (SSSR count). The summed E-state index contributed by atoms with van der Waals surface area (Å²) in [5.41, 5.74) is 2.80. The number of amides is 1. The molecule has 2 N–H and O–H groups in total. The van der Waals surface area contributed by atoms with Crippen LogP contribution in [0.3, 0.4) is 0 Å². The van der Waals surface area contributed by atoms with Gasteiger partial charge in [0.15, 0.2) is 5.65 Å². The second-order valence-corrected chi connectivity index (χ2v) is 9.58. The number of anilines is 1. The number of likely N-dealkylation sites (tertiary alicyclic amines) is 1. The van der Waals surface area contributed by atoms with E-state index in [1.807, 2.05) is 49.5 Å². The molecule has 1 amide bonds. The minimum Gasteiger partial charge on any atom is -0.445 e. The Morgan fingerprint density at radius 1 is 1.26 bits per heavy atom. The van der Waals surface area contributed by atoms with Gasteiger partial charge in [-0.25, -0.2) is 18.7 Å². The van der Waals surface area contributed by atoms with E-state index in [-0.39, 0.29) is 19.1 Å². The van der Waals surface area contributed by atoms with Crippen LogP contribution in [0, 0.1) is 12.8 Å². The zero-order valence-corrected chi connectivity index (χ0v) is 19.8. The number of alkyl halides is 1. The minimum atomic E-state index is -3.67. The average Bonchev–Trinajstić information content (AvgIpc) is 3.24. The van der Waals surface area contributed by atoms with E-state index in [2.05, 4.69) is 15.4 Å². The van der Waals surface area contributed by atoms with Crippen molar-refractivity contribution in [1.29, 1.82) is 0 Å². The number of aromatic nitrogens is 3. The number of hydrogen-bond acceptors (Lipinski definition) is 7. The number of aryl methyl sites for hydroxylation is 1. The Morgan fingerprint density at radius 2 is 1.97 bits per heavy atom. The summed E-state index contributed by atoms with van der Waals surface area (Å²) in [6, 6.07) is 11.4. The third-order valence-electron chi connectivity index (χ3n) is 5.22. The number of ether oxygens (including phenoxy) is 1. The fraction of sp³-hybridized carbons (Fsp3) is 0.409. The van der Waals surface area contributed by atoms with Crippen molar-refractivity contribution in [2.75, 3.05) is 31.2 Å². The number of halogens is 1. The van der Waals surface area contributed by atoms with Crippen LogP contribution in [0.2, 0.25) is 0 Å². The van der Waals surface area contributed by atoms with Crippen LogP contribution in [0.1, 0.15) is 17.5 Å². The van der Waals surface area contributed by atoms with Gasteiger partial charge >= 0.3 is 6.09 Å². The standard InChI is InChI=1S/C21H24FN5O2.CH4O3S/c1-15-2-4-16(5-3-15)14-29-21(28)26-10-7-17(18(22)13-26)12-23-19-8-11-27-20(25-19)6-9-24-27;1-5(2,3)4/h2-6,8-9,11,17-18H,7,10,12-14H2,1H3,(H,23,25);1H3,(H,2,3,4)/t17-,18-;/m1./s1. The van der Waals surface area contributed by atoms with Gasteiger partial charge in [-0.05, 0) is 25.0 Å². The van der Waals surface area contributed by atoms with Crippen LogP contribution in [-0.4, -0.2) is 70.6 Å². The Labute approximate surface area is 197 Å². The lowest BCUT2D eigenvalue weighted by molar-refractivity contribution is 0.0544. The van der Waals surface area contributed by atoms with Crippen LogP contribution in [0.5, 0.6) is 0 Å². The molecule has 0 aliphatic carbocycles. The van der Waals surface area contributed by atoms with Gasteiger partial charge in [0.25, 0.3) is 10.1 Å². The molecular formula is C22H28FN5O5S. The van der Waals surface area contributed by atoms with Crippen LogP contribution in [-0.2, 0) is 21.5 Å². The maximum atomic E-state index is 14.6. The number of rotatable bonds is 5. The largest absolute Gasteiger partial charge is 0.445 e. The lowest BCUT2D eigenvalue weighted by atomic mass is 9.95. The van der Waals surface area contributed by atoms with E-state index in [4.69, 9.17) is 9.29 Å². The molecule has 1 saturated heterocycles. The molecular weight excluding hydrogens is 465 g/mol. The molecule has 3 aromatic rings. The summed E-state index contributed by atoms with van der Waals surface area (Å²) in [6.45, 7) is 3.19. The normalized spacial score (nSPS) is 18.2. The molecule has 2 atom stereocenters. The molecule has 1 aliphatic rings. The van der Waals surface area contributed by atoms with E-state index in [0.717, 1.165) is 16.8 Å². The first-order chi connectivity index (χ1) is 16.1. The van der Waals surface area contributed by atoms with Crippen LogP contribution >= 0.6 is 0 Å². The van der Waals surface area contributed by atoms with Crippen molar-refractivity contribution >= 4 is 27.7 Å². The fourth-order valence-corrected chi connectivity index (χ4v) is 3.42. The van der Waals surface area contributed by atoms with Gasteiger partial charge < -0.3 is 15.0 Å². The molecule has 184 valence electrons. The molecule has 12 heteroatoms. The predicted octanol–water partition coefficient (Wildman–Crippen LogP) is 2.95. The van der Waals surface area contributed by atoms with Gasteiger partial charge in [0.05, 0.1) is 19.0 Å². The SMILES string of the molecule is CS(=O)(=O)O.Cc1ccc(COC(=O)N2CC[C@H](CNc3ccn4nccc4n3)[C@H](F)C2)cc1. The smallest absolute Gasteiger partial charge is 0.410 e. The summed E-state index contributed by atoms with van der Waals surface area (Å²) in [7, 11) is -3.67. The van der Waals surface area contributed by atoms with Gasteiger partial charge in [-0.1, -0.05) is 29.8 Å². The summed E-state index contributed by atoms with van der Waals surface area (Å²) in [5, 5.41) is 7.30. The highest BCUT2D eigenvalue weighted by molar-refractivity contribution is 7.85. The number of carbonyl (C=O) groups excluding carboxylic acids is 1. The predicted molar refractivity (Wildman–Crippen MR) is 125 cm³/mol. The molecule has 2 aromatic heterocycles. The van der Waals surface area contributed by atoms with Crippen LogP contribution in [0.15, 0.2) is 48.8 Å². The van der Waals surface area contributed by atoms with Crippen molar-refractivity contribution in [3.05, 3.63) is 59.9 Å². The Hall–Kier alpha value is -3.25. The van der Waals surface area contributed by atoms with Crippen molar-refractivity contribution in [2.24, 2.45) is 5.92 Å². The van der Waals surface area contributed by atoms with Gasteiger partial charge in [0.1, 0.15) is 18.6 Å². The lowest BCUT2D eigenvalue weighted by Crippen LogP contribution is -2.46. The first-order valence-electron chi connectivity index (χ1n) is 10.7. The molecule has 0 unspecified atom stereocenters. The zero-order valence-electron chi connectivity index (χ0n) is 19.0. The molecule has 1 aliphatic heterocycles. The van der Waals surface area contributed by atoms with E-state index in [1.54, 1.807) is 10.7 Å². The van der Waals surface area contributed by atoms with Gasteiger partial charge in [0.2, 0.25) is 0 Å². The van der Waals surface area contributed by atoms with Crippen LogP contribution in [0.4, 0.5) is 15.0 Å². The van der Waals surface area contributed by atoms with E-state index < -0.39 is 22.4 Å². The maximum absolute atomic E-state index is 14.6. The van der Waals surface area contributed by atoms with Crippen molar-refractivity contribution in [1.82, 2.24) is 19.5 Å². The van der Waals surface area contributed by atoms with Crippen LogP contribution < -0.4 is 5.32 Å². The molecule has 0 radical (unpaired) electrons. The molecule has 10 nitrogen and oxygen atoms in total. The molecule has 1 fully saturated rings. The second kappa shape index (κ2) is 11.3. The topological polar surface area (TPSA) is 126 Å². The summed E-state index contributed by atoms with van der Waals surface area (Å²) in [6.07, 6.45) is 3.20. The van der Waals surface area contributed by atoms with Crippen molar-refractivity contribution in [3.63, 3.8) is 0 Å². The van der Waals surface area contributed by atoms with Crippen molar-refractivity contribution < 1.29 is 26.9 Å². The van der Waals surface area contributed by atoms with Crippen LogP contribution in [0.25, 0.3) is 5.65 Å². The highest BCUT2D eigenvalue weighted by Gasteiger charge is 2.32. The summed E-state index contributed by atoms with van der Waals surface area (Å²) in [4.78, 5) is 18.2. The van der Waals surface area contributed by atoms with Gasteiger partial charge in [0, 0.05) is 31.3 Å². The quantitative estimate of drug-likeness (QED) is 0.520. The minimum absolute atomic E-state index is 0.0498. The highest BCUT2D eigenvalue weighted by atomic mass is 32.2. The third kappa shape index (κ3) is 7.96. The van der Waals surface area contributed by atoms with Crippen molar-refractivity contribution in [3.8, 4) is 0 Å². The summed E-state index contributed by atoms with van der Waals surface area (Å²) in [5.74, 6) is 0.504. The van der Waals surface area contributed by atoms with E-state index >= 15 is 0 Å². The third-order valence-corrected chi connectivity index (χ3v) is 5.22. The van der Waals surface area contributed by atoms with E-state index in [9.17, 15) is 17.6 Å². The van der Waals surface area contributed by atoms with Gasteiger partial charge in [-0.15, -0.1) is 0 Å². The highest BCUT2D eigenvalue weighted by Crippen LogP contribution is 2.22. The van der Waals surface area contributed by atoms with Crippen molar-refractivity contribution in [2.45, 2.75) is 26.1 Å². The number of nitrogens with one attached hydrogen (secondary N) is 1. The summed E-state index contributed by atoms with van der Waals surface area (Å²) < 4.78 is 47.5. The Bertz CT molecular complexity index is 1190. The molecule has 0 saturated carbocycles. The Kier molecular flexibility index (Phi) is 8.40. The molecule has 0 spiro atoms. The number of carbonyl (C=O) groups is 1. The maximum Gasteiger partial charge on any atom is 0.410 e. The summed E-state index contributed by atoms with van der Waals surface area (Å²) >= 11 is 0. The van der Waals surface area contributed by atoms with E-state index in [0.29, 0.717) is 31.6 Å². The molecule has 34 heavy (non-hydrogen) atoms.